The highest BCUT2D eigenvalue weighted by Crippen LogP contribution is 2.20. The van der Waals surface area contributed by atoms with E-state index in [0.717, 1.165) is 11.1 Å². The molecular formula is C17H18ClFO2. The molecule has 0 amide bonds. The van der Waals surface area contributed by atoms with Crippen molar-refractivity contribution < 1.29 is 14.2 Å². The fraction of sp³-hybridized carbons (Fsp3) is 0.294. The number of hydrogen-bond donors (Lipinski definition) is 1. The SMILES string of the molecule is Cc1ccc(F)cc1CC(O)C(C)Oc1cccc(Cl)c1. The number of aryl methyl sites for hydroxylation is 1. The maximum Gasteiger partial charge on any atom is 0.123 e. The summed E-state index contributed by atoms with van der Waals surface area (Å²) >= 11 is 5.89. The van der Waals surface area contributed by atoms with E-state index in [2.05, 4.69) is 0 Å². The van der Waals surface area contributed by atoms with Crippen LogP contribution in [0.3, 0.4) is 0 Å². The molecule has 0 saturated carbocycles. The molecule has 0 saturated heterocycles. The van der Waals surface area contributed by atoms with Crippen molar-refractivity contribution in [1.82, 2.24) is 0 Å². The van der Waals surface area contributed by atoms with E-state index in [-0.39, 0.29) is 5.82 Å². The van der Waals surface area contributed by atoms with E-state index in [1.54, 1.807) is 37.3 Å². The third kappa shape index (κ3) is 4.45. The van der Waals surface area contributed by atoms with Crippen molar-refractivity contribution in [3.63, 3.8) is 0 Å². The summed E-state index contributed by atoms with van der Waals surface area (Å²) in [4.78, 5) is 0. The number of benzene rings is 2. The van der Waals surface area contributed by atoms with Crippen LogP contribution in [0.4, 0.5) is 4.39 Å². The van der Waals surface area contributed by atoms with Gasteiger partial charge in [-0.05, 0) is 55.3 Å². The van der Waals surface area contributed by atoms with Crippen molar-refractivity contribution in [1.29, 1.82) is 0 Å². The van der Waals surface area contributed by atoms with Gasteiger partial charge in [0.2, 0.25) is 0 Å². The molecule has 112 valence electrons. The van der Waals surface area contributed by atoms with Gasteiger partial charge in [-0.15, -0.1) is 0 Å². The lowest BCUT2D eigenvalue weighted by atomic mass is 10.00. The number of halogens is 2. The summed E-state index contributed by atoms with van der Waals surface area (Å²) in [6.07, 6.45) is -0.818. The van der Waals surface area contributed by atoms with Gasteiger partial charge in [0.25, 0.3) is 0 Å². The third-order valence-electron chi connectivity index (χ3n) is 3.40. The van der Waals surface area contributed by atoms with Gasteiger partial charge in [0.05, 0.1) is 6.10 Å². The molecule has 2 unspecified atom stereocenters. The number of hydrogen-bond acceptors (Lipinski definition) is 2. The second-order valence-corrected chi connectivity index (χ2v) is 5.56. The smallest absolute Gasteiger partial charge is 0.123 e. The highest BCUT2D eigenvalue weighted by molar-refractivity contribution is 6.30. The van der Waals surface area contributed by atoms with Crippen molar-refractivity contribution in [2.75, 3.05) is 0 Å². The van der Waals surface area contributed by atoms with Crippen LogP contribution in [0, 0.1) is 12.7 Å². The number of aliphatic hydroxyl groups excluding tert-OH is 1. The van der Waals surface area contributed by atoms with Crippen LogP contribution in [-0.2, 0) is 6.42 Å². The molecule has 2 atom stereocenters. The first kappa shape index (κ1) is 15.8. The Labute approximate surface area is 129 Å². The Balaban J connectivity index is 2.02. The summed E-state index contributed by atoms with van der Waals surface area (Å²) in [5.41, 5.74) is 1.73. The standard InChI is InChI=1S/C17H18ClFO2/c1-11-6-7-15(19)8-13(11)9-17(20)12(2)21-16-5-3-4-14(18)10-16/h3-8,10,12,17,20H,9H2,1-2H3. The van der Waals surface area contributed by atoms with Crippen LogP contribution < -0.4 is 4.74 Å². The first-order valence-corrected chi connectivity index (χ1v) is 7.19. The quantitative estimate of drug-likeness (QED) is 0.899. The van der Waals surface area contributed by atoms with Crippen LogP contribution in [-0.4, -0.2) is 17.3 Å². The first-order valence-electron chi connectivity index (χ1n) is 6.81. The Morgan fingerprint density at radius 2 is 2.00 bits per heavy atom. The molecule has 0 aliphatic carbocycles. The molecule has 2 nitrogen and oxygen atoms in total. The molecule has 0 radical (unpaired) electrons. The molecule has 0 fully saturated rings. The van der Waals surface area contributed by atoms with E-state index in [1.165, 1.54) is 12.1 Å². The summed E-state index contributed by atoms with van der Waals surface area (Å²) < 4.78 is 18.9. The highest BCUT2D eigenvalue weighted by Gasteiger charge is 2.18. The van der Waals surface area contributed by atoms with Crippen LogP contribution in [0.1, 0.15) is 18.1 Å². The molecule has 0 aromatic heterocycles. The molecule has 2 aromatic rings. The minimum absolute atomic E-state index is 0.300. The van der Waals surface area contributed by atoms with Crippen molar-refractivity contribution in [2.24, 2.45) is 0 Å². The van der Waals surface area contributed by atoms with Gasteiger partial charge < -0.3 is 9.84 Å². The zero-order valence-corrected chi connectivity index (χ0v) is 12.8. The second kappa shape index (κ2) is 6.92. The maximum atomic E-state index is 13.3. The summed E-state index contributed by atoms with van der Waals surface area (Å²) in [7, 11) is 0. The molecule has 0 bridgehead atoms. The van der Waals surface area contributed by atoms with Gasteiger partial charge in [0, 0.05) is 11.4 Å². The molecule has 4 heteroatoms. The fourth-order valence-electron chi connectivity index (χ4n) is 2.08. The Morgan fingerprint density at radius 1 is 1.24 bits per heavy atom. The molecule has 0 heterocycles. The maximum absolute atomic E-state index is 13.3. The minimum atomic E-state index is -0.732. The molecule has 0 aliphatic rings. The number of rotatable bonds is 5. The van der Waals surface area contributed by atoms with Crippen LogP contribution in [0.25, 0.3) is 0 Å². The van der Waals surface area contributed by atoms with Crippen LogP contribution in [0.2, 0.25) is 5.02 Å². The van der Waals surface area contributed by atoms with E-state index in [9.17, 15) is 9.50 Å². The summed E-state index contributed by atoms with van der Waals surface area (Å²) in [6, 6.07) is 11.6. The molecule has 0 aliphatic heterocycles. The summed E-state index contributed by atoms with van der Waals surface area (Å²) in [6.45, 7) is 3.67. The number of aliphatic hydroxyl groups is 1. The van der Waals surface area contributed by atoms with Gasteiger partial charge in [-0.3, -0.25) is 0 Å². The third-order valence-corrected chi connectivity index (χ3v) is 3.64. The monoisotopic (exact) mass is 308 g/mol. The van der Waals surface area contributed by atoms with Crippen LogP contribution in [0.15, 0.2) is 42.5 Å². The summed E-state index contributed by atoms with van der Waals surface area (Å²) in [5, 5.41) is 10.8. The average molecular weight is 309 g/mol. The zero-order valence-electron chi connectivity index (χ0n) is 12.0. The van der Waals surface area contributed by atoms with E-state index >= 15 is 0 Å². The van der Waals surface area contributed by atoms with Crippen molar-refractivity contribution in [2.45, 2.75) is 32.5 Å². The van der Waals surface area contributed by atoms with Gasteiger partial charge in [-0.25, -0.2) is 4.39 Å². The van der Waals surface area contributed by atoms with Crippen molar-refractivity contribution in [3.05, 3.63) is 64.4 Å². The Kier molecular flexibility index (Phi) is 5.21. The highest BCUT2D eigenvalue weighted by atomic mass is 35.5. The van der Waals surface area contributed by atoms with E-state index < -0.39 is 12.2 Å². The lowest BCUT2D eigenvalue weighted by molar-refractivity contribution is 0.0477. The molecule has 1 N–H and O–H groups in total. The summed E-state index contributed by atoms with van der Waals surface area (Å²) in [5.74, 6) is 0.302. The Bertz CT molecular complexity index is 615. The van der Waals surface area contributed by atoms with Crippen LogP contribution in [0.5, 0.6) is 5.75 Å². The van der Waals surface area contributed by atoms with E-state index in [1.807, 2.05) is 6.92 Å². The predicted octanol–water partition coefficient (Wildman–Crippen LogP) is 4.16. The normalized spacial score (nSPS) is 13.8. The predicted molar refractivity (Wildman–Crippen MR) is 82.4 cm³/mol. The van der Waals surface area contributed by atoms with Crippen LogP contribution >= 0.6 is 11.6 Å². The first-order chi connectivity index (χ1) is 9.95. The van der Waals surface area contributed by atoms with Gasteiger partial charge in [-0.2, -0.15) is 0 Å². The van der Waals surface area contributed by atoms with Gasteiger partial charge in [0.15, 0.2) is 0 Å². The molecule has 2 aromatic carbocycles. The van der Waals surface area contributed by atoms with Gasteiger partial charge in [-0.1, -0.05) is 23.7 Å². The molecular weight excluding hydrogens is 291 g/mol. The van der Waals surface area contributed by atoms with E-state index in [4.69, 9.17) is 16.3 Å². The van der Waals surface area contributed by atoms with Crippen molar-refractivity contribution >= 4 is 11.6 Å². The Morgan fingerprint density at radius 3 is 2.71 bits per heavy atom. The lowest BCUT2D eigenvalue weighted by Crippen LogP contribution is -2.30. The molecule has 2 rings (SSSR count). The average Bonchev–Trinajstić information content (AvgIpc) is 2.43. The van der Waals surface area contributed by atoms with Gasteiger partial charge >= 0.3 is 0 Å². The number of ether oxygens (including phenoxy) is 1. The zero-order chi connectivity index (χ0) is 15.4. The molecule has 0 spiro atoms. The van der Waals surface area contributed by atoms with Gasteiger partial charge in [0.1, 0.15) is 17.7 Å². The lowest BCUT2D eigenvalue weighted by Gasteiger charge is -2.21. The largest absolute Gasteiger partial charge is 0.488 e. The fourth-order valence-corrected chi connectivity index (χ4v) is 2.27. The van der Waals surface area contributed by atoms with Crippen molar-refractivity contribution in [3.8, 4) is 5.75 Å². The topological polar surface area (TPSA) is 29.5 Å². The molecule has 21 heavy (non-hydrogen) atoms. The van der Waals surface area contributed by atoms with E-state index in [0.29, 0.717) is 17.2 Å². The second-order valence-electron chi connectivity index (χ2n) is 5.12. The Hall–Kier alpha value is -1.58. The minimum Gasteiger partial charge on any atom is -0.488 e.